The molecule has 0 heterocycles. The second-order valence-electron chi connectivity index (χ2n) is 10.7. The smallest absolute Gasteiger partial charge is 0.0811 e. The van der Waals surface area contributed by atoms with Crippen molar-refractivity contribution < 1.29 is 15.3 Å². The predicted octanol–water partition coefficient (Wildman–Crippen LogP) is 5.09. The fourth-order valence-corrected chi connectivity index (χ4v) is 6.63. The van der Waals surface area contributed by atoms with E-state index in [0.29, 0.717) is 41.9 Å². The average molecular weight is 413 g/mol. The normalized spacial score (nSPS) is 42.1. The largest absolute Gasteiger partial charge is 0.393 e. The maximum absolute atomic E-state index is 10.2. The molecule has 3 nitrogen and oxygen atoms in total. The first-order chi connectivity index (χ1) is 14.3. The third kappa shape index (κ3) is 4.40. The molecule has 30 heavy (non-hydrogen) atoms. The van der Waals surface area contributed by atoms with Crippen molar-refractivity contribution in [3.05, 3.63) is 47.6 Å². The Labute approximate surface area is 182 Å². The number of aliphatic hydroxyl groups is 3. The Morgan fingerprint density at radius 1 is 1.10 bits per heavy atom. The fraction of sp³-hybridized carbons (Fsp3) is 0.704. The highest BCUT2D eigenvalue weighted by Crippen LogP contribution is 2.59. The van der Waals surface area contributed by atoms with Crippen molar-refractivity contribution in [3.8, 4) is 0 Å². The maximum Gasteiger partial charge on any atom is 0.0811 e. The Hall–Kier alpha value is -1.16. The third-order valence-corrected chi connectivity index (χ3v) is 8.65. The highest BCUT2D eigenvalue weighted by molar-refractivity contribution is 5.38. The fourth-order valence-electron chi connectivity index (χ4n) is 6.63. The second-order valence-corrected chi connectivity index (χ2v) is 10.7. The summed E-state index contributed by atoms with van der Waals surface area (Å²) in [6.07, 6.45) is 16.9. The van der Waals surface area contributed by atoms with Crippen LogP contribution in [0.3, 0.4) is 0 Å². The molecule has 0 bridgehead atoms. The minimum absolute atomic E-state index is 0.250. The zero-order chi connectivity index (χ0) is 21.5. The number of aliphatic hydroxyl groups excluding tert-OH is 3. The first kappa shape index (κ1) is 22.0. The molecule has 3 N–H and O–H groups in total. The number of fused-ring (bicyclic) bond motifs is 1. The lowest BCUT2D eigenvalue weighted by Crippen LogP contribution is -2.35. The zero-order valence-corrected chi connectivity index (χ0v) is 18.8. The van der Waals surface area contributed by atoms with Crippen LogP contribution in [0, 0.1) is 29.1 Å². The molecule has 0 radical (unpaired) electrons. The summed E-state index contributed by atoms with van der Waals surface area (Å²) in [7, 11) is 0. The Morgan fingerprint density at radius 3 is 2.60 bits per heavy atom. The van der Waals surface area contributed by atoms with Crippen molar-refractivity contribution in [1.82, 2.24) is 0 Å². The molecular weight excluding hydrogens is 372 g/mol. The Balaban J connectivity index is 1.48. The van der Waals surface area contributed by atoms with Gasteiger partial charge in [-0.2, -0.15) is 0 Å². The third-order valence-electron chi connectivity index (χ3n) is 8.65. The summed E-state index contributed by atoms with van der Waals surface area (Å²) in [5, 5.41) is 30.4. The lowest BCUT2D eigenvalue weighted by Gasteiger charge is -2.44. The molecule has 3 heteroatoms. The van der Waals surface area contributed by atoms with Gasteiger partial charge >= 0.3 is 0 Å². The lowest BCUT2D eigenvalue weighted by atomic mass is 9.61. The van der Waals surface area contributed by atoms with E-state index in [1.165, 1.54) is 44.1 Å². The second kappa shape index (κ2) is 8.76. The lowest BCUT2D eigenvalue weighted by molar-refractivity contribution is 0.0862. The summed E-state index contributed by atoms with van der Waals surface area (Å²) in [5.74, 6) is 2.28. The minimum atomic E-state index is -0.621. The van der Waals surface area contributed by atoms with E-state index in [4.69, 9.17) is 0 Å². The van der Waals surface area contributed by atoms with Crippen LogP contribution in [0.4, 0.5) is 0 Å². The van der Waals surface area contributed by atoms with Crippen LogP contribution >= 0.6 is 0 Å². The van der Waals surface area contributed by atoms with Crippen molar-refractivity contribution in [2.75, 3.05) is 0 Å². The summed E-state index contributed by atoms with van der Waals surface area (Å²) < 4.78 is 0. The molecule has 0 aromatic heterocycles. The molecule has 0 spiro atoms. The SMILES string of the molecule is C=C1C(=CC=C2CCC[C@@]3(C)C2CC[C@@H]3[C@H](C)C=C[C@@H](O)C2CC2)C[C@@H](O)C[C@@H]1O. The van der Waals surface area contributed by atoms with E-state index < -0.39 is 12.2 Å². The number of hydrogen-bond donors (Lipinski definition) is 3. The van der Waals surface area contributed by atoms with Crippen LogP contribution in [-0.4, -0.2) is 33.6 Å². The quantitative estimate of drug-likeness (QED) is 0.551. The van der Waals surface area contributed by atoms with Gasteiger partial charge in [0.1, 0.15) is 0 Å². The number of hydrogen-bond acceptors (Lipinski definition) is 3. The van der Waals surface area contributed by atoms with Gasteiger partial charge in [0.2, 0.25) is 0 Å². The molecule has 4 saturated carbocycles. The van der Waals surface area contributed by atoms with Crippen LogP contribution in [0.5, 0.6) is 0 Å². The van der Waals surface area contributed by atoms with Gasteiger partial charge in [0.25, 0.3) is 0 Å². The summed E-state index contributed by atoms with van der Waals surface area (Å²) in [5.41, 5.74) is 3.63. The standard InChI is InChI=1S/C27H40O3/c1-17(6-13-25(29)20-8-9-20)23-11-12-24-19(5-4-14-27(23,24)3)7-10-21-15-22(28)16-26(30)18(21)2/h6-7,10,13,17,20,22-26,28-30H,2,4-5,8-9,11-12,14-16H2,1,3H3/t17-,22-,23-,24?,25-,26+,27-/m1/s1. The van der Waals surface area contributed by atoms with Crippen molar-refractivity contribution in [3.63, 3.8) is 0 Å². The van der Waals surface area contributed by atoms with Crippen molar-refractivity contribution in [1.29, 1.82) is 0 Å². The van der Waals surface area contributed by atoms with Gasteiger partial charge in [-0.1, -0.05) is 50.3 Å². The molecule has 0 saturated heterocycles. The predicted molar refractivity (Wildman–Crippen MR) is 122 cm³/mol. The topological polar surface area (TPSA) is 60.7 Å². The number of allylic oxidation sites excluding steroid dienone is 4. The van der Waals surface area contributed by atoms with E-state index in [2.05, 4.69) is 44.7 Å². The van der Waals surface area contributed by atoms with Gasteiger partial charge in [-0.05, 0) is 91.6 Å². The molecule has 0 aliphatic heterocycles. The van der Waals surface area contributed by atoms with Gasteiger partial charge < -0.3 is 15.3 Å². The van der Waals surface area contributed by atoms with Crippen molar-refractivity contribution in [2.45, 2.75) is 89.9 Å². The Kier molecular flexibility index (Phi) is 6.44. The van der Waals surface area contributed by atoms with Gasteiger partial charge in [-0.25, -0.2) is 0 Å². The average Bonchev–Trinajstić information content (AvgIpc) is 3.49. The zero-order valence-electron chi connectivity index (χ0n) is 18.8. The Bertz CT molecular complexity index is 743. The number of rotatable bonds is 5. The Morgan fingerprint density at radius 2 is 1.87 bits per heavy atom. The summed E-state index contributed by atoms with van der Waals surface area (Å²) in [6.45, 7) is 8.88. The first-order valence-corrected chi connectivity index (χ1v) is 12.1. The van der Waals surface area contributed by atoms with Crippen LogP contribution in [0.15, 0.2) is 47.6 Å². The monoisotopic (exact) mass is 412 g/mol. The molecule has 4 fully saturated rings. The minimum Gasteiger partial charge on any atom is -0.393 e. The van der Waals surface area contributed by atoms with E-state index in [0.717, 1.165) is 17.6 Å². The highest BCUT2D eigenvalue weighted by atomic mass is 16.3. The van der Waals surface area contributed by atoms with Gasteiger partial charge in [0.15, 0.2) is 0 Å². The molecule has 7 atom stereocenters. The highest BCUT2D eigenvalue weighted by Gasteiger charge is 2.50. The summed E-state index contributed by atoms with van der Waals surface area (Å²) in [6, 6.07) is 0. The maximum atomic E-state index is 10.2. The van der Waals surface area contributed by atoms with E-state index in [1.807, 2.05) is 0 Å². The molecular formula is C27H40O3. The van der Waals surface area contributed by atoms with Gasteiger partial charge in [-0.3, -0.25) is 0 Å². The molecule has 166 valence electrons. The molecule has 0 aromatic rings. The van der Waals surface area contributed by atoms with E-state index in [1.54, 1.807) is 0 Å². The van der Waals surface area contributed by atoms with Crippen molar-refractivity contribution in [2.24, 2.45) is 29.1 Å². The van der Waals surface area contributed by atoms with Gasteiger partial charge in [-0.15, -0.1) is 0 Å². The molecule has 4 rings (SSSR count). The molecule has 0 amide bonds. The molecule has 4 aliphatic rings. The van der Waals surface area contributed by atoms with Crippen LogP contribution in [-0.2, 0) is 0 Å². The molecule has 1 unspecified atom stereocenters. The van der Waals surface area contributed by atoms with E-state index in [9.17, 15) is 15.3 Å². The van der Waals surface area contributed by atoms with Crippen LogP contribution in [0.25, 0.3) is 0 Å². The summed E-state index contributed by atoms with van der Waals surface area (Å²) in [4.78, 5) is 0. The van der Waals surface area contributed by atoms with Crippen molar-refractivity contribution >= 4 is 0 Å². The van der Waals surface area contributed by atoms with Crippen LogP contribution < -0.4 is 0 Å². The van der Waals surface area contributed by atoms with Gasteiger partial charge in [0, 0.05) is 6.42 Å². The van der Waals surface area contributed by atoms with Crippen LogP contribution in [0.1, 0.15) is 71.6 Å². The van der Waals surface area contributed by atoms with E-state index >= 15 is 0 Å². The molecule has 0 aromatic carbocycles. The summed E-state index contributed by atoms with van der Waals surface area (Å²) >= 11 is 0. The first-order valence-electron chi connectivity index (χ1n) is 12.1. The van der Waals surface area contributed by atoms with Crippen LogP contribution in [0.2, 0.25) is 0 Å². The van der Waals surface area contributed by atoms with E-state index in [-0.39, 0.29) is 6.10 Å². The van der Waals surface area contributed by atoms with Gasteiger partial charge in [0.05, 0.1) is 18.3 Å². The molecule has 4 aliphatic carbocycles.